The summed E-state index contributed by atoms with van der Waals surface area (Å²) in [6, 6.07) is 14.2. The largest absolute Gasteiger partial charge is 0.494 e. The van der Waals surface area contributed by atoms with E-state index in [1.807, 2.05) is 31.2 Å². The average Bonchev–Trinajstić information content (AvgIpc) is 3.39. The molecule has 0 spiro atoms. The molecule has 1 atom stereocenters. The number of aromatic nitrogens is 1. The molecule has 0 saturated carbocycles. The van der Waals surface area contributed by atoms with Crippen LogP contribution in [-0.2, 0) is 29.2 Å². The fourth-order valence-electron chi connectivity index (χ4n) is 4.58. The summed E-state index contributed by atoms with van der Waals surface area (Å²) >= 11 is 0. The third kappa shape index (κ3) is 7.41. The highest BCUT2D eigenvalue weighted by Crippen LogP contribution is 2.21. The van der Waals surface area contributed by atoms with Gasteiger partial charge in [0.2, 0.25) is 5.89 Å². The van der Waals surface area contributed by atoms with E-state index in [-0.39, 0.29) is 29.3 Å². The van der Waals surface area contributed by atoms with E-state index in [2.05, 4.69) is 9.88 Å². The van der Waals surface area contributed by atoms with Crippen LogP contribution in [0.1, 0.15) is 54.2 Å². The maximum atomic E-state index is 13.4. The van der Waals surface area contributed by atoms with Crippen molar-refractivity contribution >= 4 is 11.9 Å². The molecule has 1 aliphatic rings. The molecular formula is C29H34FN3O5. The van der Waals surface area contributed by atoms with Gasteiger partial charge in [0.05, 0.1) is 25.7 Å². The quantitative estimate of drug-likeness (QED) is 0.333. The summed E-state index contributed by atoms with van der Waals surface area (Å²) < 4.78 is 29.8. The Bertz CT molecular complexity index is 1200. The fourth-order valence-corrected chi connectivity index (χ4v) is 4.58. The lowest BCUT2D eigenvalue weighted by Gasteiger charge is -2.30. The molecule has 1 saturated heterocycles. The van der Waals surface area contributed by atoms with Crippen molar-refractivity contribution in [3.63, 3.8) is 0 Å². The topological polar surface area (TPSA) is 85.1 Å². The highest BCUT2D eigenvalue weighted by Gasteiger charge is 2.31. The molecule has 0 radical (unpaired) electrons. The molecule has 8 nitrogen and oxygen atoms in total. The molecule has 2 heterocycles. The monoisotopic (exact) mass is 523 g/mol. The molecule has 3 aromatic rings. The smallest absolute Gasteiger partial charge is 0.310 e. The Labute approximate surface area is 222 Å². The van der Waals surface area contributed by atoms with Crippen LogP contribution < -0.4 is 4.74 Å². The maximum Gasteiger partial charge on any atom is 0.310 e. The molecule has 1 aromatic heterocycles. The number of carbonyl (C=O) groups excluding carboxylic acids is 2. The van der Waals surface area contributed by atoms with Gasteiger partial charge in [-0.25, -0.2) is 9.37 Å². The van der Waals surface area contributed by atoms with Crippen molar-refractivity contribution < 1.29 is 27.9 Å². The lowest BCUT2D eigenvalue weighted by atomic mass is 9.98. The van der Waals surface area contributed by atoms with Gasteiger partial charge in [-0.1, -0.05) is 24.3 Å². The molecule has 9 heteroatoms. The van der Waals surface area contributed by atoms with Crippen molar-refractivity contribution in [1.29, 1.82) is 0 Å². The van der Waals surface area contributed by atoms with Gasteiger partial charge in [0.15, 0.2) is 5.69 Å². The van der Waals surface area contributed by atoms with Gasteiger partial charge < -0.3 is 18.8 Å². The van der Waals surface area contributed by atoms with Gasteiger partial charge in [0.1, 0.15) is 17.8 Å². The number of halogens is 1. The zero-order valence-corrected chi connectivity index (χ0v) is 21.9. The first-order chi connectivity index (χ1) is 18.4. The van der Waals surface area contributed by atoms with Crippen LogP contribution in [0.25, 0.3) is 0 Å². The van der Waals surface area contributed by atoms with Crippen LogP contribution in [0.15, 0.2) is 59.2 Å². The first-order valence-corrected chi connectivity index (χ1v) is 13.0. The van der Waals surface area contributed by atoms with Gasteiger partial charge in [-0.2, -0.15) is 0 Å². The van der Waals surface area contributed by atoms with Gasteiger partial charge in [0, 0.05) is 26.2 Å². The number of piperidine rings is 1. The number of hydrogen-bond donors (Lipinski definition) is 0. The lowest BCUT2D eigenvalue weighted by Crippen LogP contribution is -2.43. The van der Waals surface area contributed by atoms with E-state index in [4.69, 9.17) is 13.9 Å². The lowest BCUT2D eigenvalue weighted by molar-refractivity contribution is -0.149. The van der Waals surface area contributed by atoms with E-state index in [0.29, 0.717) is 58.2 Å². The first-order valence-electron chi connectivity index (χ1n) is 13.0. The van der Waals surface area contributed by atoms with Gasteiger partial charge >= 0.3 is 5.97 Å². The molecule has 4 rings (SSSR count). The number of esters is 1. The Balaban J connectivity index is 1.45. The number of rotatable bonds is 11. The minimum atomic E-state index is -0.320. The third-order valence-corrected chi connectivity index (χ3v) is 6.42. The molecule has 0 bridgehead atoms. The number of benzene rings is 2. The summed E-state index contributed by atoms with van der Waals surface area (Å²) in [5, 5.41) is 0. The van der Waals surface area contributed by atoms with E-state index >= 15 is 0 Å². The second-order valence-corrected chi connectivity index (χ2v) is 9.32. The van der Waals surface area contributed by atoms with Crippen LogP contribution in [0.3, 0.4) is 0 Å². The molecule has 1 amide bonds. The maximum absolute atomic E-state index is 13.4. The Morgan fingerprint density at radius 1 is 1.03 bits per heavy atom. The summed E-state index contributed by atoms with van der Waals surface area (Å²) in [5.74, 6) is 0.0764. The van der Waals surface area contributed by atoms with E-state index in [0.717, 1.165) is 23.3 Å². The Kier molecular flexibility index (Phi) is 9.48. The predicted molar refractivity (Wildman–Crippen MR) is 139 cm³/mol. The molecule has 0 aliphatic carbocycles. The number of ether oxygens (including phenoxy) is 2. The molecule has 0 N–H and O–H groups in total. The molecule has 1 aliphatic heterocycles. The molecular weight excluding hydrogens is 489 g/mol. The van der Waals surface area contributed by atoms with Crippen molar-refractivity contribution in [3.05, 3.63) is 83.3 Å². The number of hydrogen-bond acceptors (Lipinski definition) is 7. The fraction of sp³-hybridized carbons (Fsp3) is 0.414. The van der Waals surface area contributed by atoms with Crippen LogP contribution in [0.4, 0.5) is 4.39 Å². The minimum absolute atomic E-state index is 0.215. The standard InChI is InChI=1S/C29H34FN3O5/c1-3-36-25-13-9-22(10-14-25)17-32(16-21-7-11-24(30)12-8-21)19-27-31-26(20-38-27)28(34)33-15-5-6-23(18-33)29(35)37-4-2/h7-14,20,23H,3-6,15-19H2,1-2H3. The third-order valence-electron chi connectivity index (χ3n) is 6.42. The van der Waals surface area contributed by atoms with E-state index in [1.54, 1.807) is 24.0 Å². The molecule has 202 valence electrons. The van der Waals surface area contributed by atoms with Crippen LogP contribution in [0.2, 0.25) is 0 Å². The van der Waals surface area contributed by atoms with Crippen molar-refractivity contribution in [2.45, 2.75) is 46.3 Å². The Morgan fingerprint density at radius 3 is 2.37 bits per heavy atom. The minimum Gasteiger partial charge on any atom is -0.494 e. The second-order valence-electron chi connectivity index (χ2n) is 9.32. The summed E-state index contributed by atoms with van der Waals surface area (Å²) in [4.78, 5) is 33.5. The number of likely N-dealkylation sites (tertiary alicyclic amines) is 1. The van der Waals surface area contributed by atoms with Gasteiger partial charge in [0.25, 0.3) is 5.91 Å². The second kappa shape index (κ2) is 13.2. The van der Waals surface area contributed by atoms with E-state index in [1.165, 1.54) is 18.4 Å². The number of nitrogens with zero attached hydrogens (tertiary/aromatic N) is 3. The van der Waals surface area contributed by atoms with Crippen molar-refractivity contribution in [2.24, 2.45) is 5.92 Å². The van der Waals surface area contributed by atoms with Crippen LogP contribution in [0, 0.1) is 11.7 Å². The molecule has 1 unspecified atom stereocenters. The number of carbonyl (C=O) groups is 2. The molecule has 2 aromatic carbocycles. The Hall–Kier alpha value is -3.72. The van der Waals surface area contributed by atoms with Crippen LogP contribution in [0.5, 0.6) is 5.75 Å². The van der Waals surface area contributed by atoms with Gasteiger partial charge in [-0.3, -0.25) is 14.5 Å². The van der Waals surface area contributed by atoms with E-state index < -0.39 is 0 Å². The van der Waals surface area contributed by atoms with Crippen molar-refractivity contribution in [1.82, 2.24) is 14.8 Å². The first kappa shape index (κ1) is 27.3. The average molecular weight is 524 g/mol. The molecule has 1 fully saturated rings. The summed E-state index contributed by atoms with van der Waals surface area (Å²) in [5.41, 5.74) is 2.22. The van der Waals surface area contributed by atoms with Crippen molar-refractivity contribution in [2.75, 3.05) is 26.3 Å². The number of amides is 1. The Morgan fingerprint density at radius 2 is 1.71 bits per heavy atom. The normalized spacial score (nSPS) is 15.5. The summed E-state index contributed by atoms with van der Waals surface area (Å²) in [7, 11) is 0. The summed E-state index contributed by atoms with van der Waals surface area (Å²) in [6.45, 7) is 6.98. The van der Waals surface area contributed by atoms with Gasteiger partial charge in [-0.05, 0) is 62.1 Å². The number of oxazole rings is 1. The van der Waals surface area contributed by atoms with Crippen LogP contribution >= 0.6 is 0 Å². The predicted octanol–water partition coefficient (Wildman–Crippen LogP) is 4.83. The molecule has 38 heavy (non-hydrogen) atoms. The summed E-state index contributed by atoms with van der Waals surface area (Å²) in [6.07, 6.45) is 2.81. The highest BCUT2D eigenvalue weighted by atomic mass is 19.1. The highest BCUT2D eigenvalue weighted by molar-refractivity contribution is 5.92. The zero-order valence-electron chi connectivity index (χ0n) is 21.9. The van der Waals surface area contributed by atoms with Gasteiger partial charge in [-0.15, -0.1) is 0 Å². The van der Waals surface area contributed by atoms with Crippen molar-refractivity contribution in [3.8, 4) is 5.75 Å². The zero-order chi connectivity index (χ0) is 26.9. The van der Waals surface area contributed by atoms with E-state index in [9.17, 15) is 14.0 Å². The SMILES string of the molecule is CCOC(=O)C1CCCN(C(=O)c2coc(CN(Cc3ccc(F)cc3)Cc3ccc(OCC)cc3)n2)C1. The van der Waals surface area contributed by atoms with Crippen LogP contribution in [-0.4, -0.2) is 53.0 Å².